The lowest BCUT2D eigenvalue weighted by atomic mass is 10.2. The van der Waals surface area contributed by atoms with Gasteiger partial charge in [0.25, 0.3) is 0 Å². The van der Waals surface area contributed by atoms with E-state index in [1.54, 1.807) is 0 Å². The molecule has 0 aromatic rings. The number of aliphatic carboxylic acids is 1. The molecule has 6 nitrogen and oxygen atoms in total. The van der Waals surface area contributed by atoms with E-state index in [2.05, 4.69) is 0 Å². The lowest BCUT2D eigenvalue weighted by Crippen LogP contribution is -2.43. The summed E-state index contributed by atoms with van der Waals surface area (Å²) in [6, 6.07) is 0. The van der Waals surface area contributed by atoms with Gasteiger partial charge in [-0.2, -0.15) is 4.31 Å². The third kappa shape index (κ3) is 3.44. The predicted molar refractivity (Wildman–Crippen MR) is 53.0 cm³/mol. The van der Waals surface area contributed by atoms with Crippen molar-refractivity contribution >= 4 is 16.0 Å². The first-order valence-corrected chi connectivity index (χ1v) is 6.33. The van der Waals surface area contributed by atoms with Gasteiger partial charge < -0.3 is 9.84 Å². The van der Waals surface area contributed by atoms with E-state index in [1.807, 2.05) is 0 Å². The van der Waals surface area contributed by atoms with Gasteiger partial charge in [0.1, 0.15) is 0 Å². The van der Waals surface area contributed by atoms with Gasteiger partial charge in [-0.3, -0.25) is 4.79 Å². The van der Waals surface area contributed by atoms with Crippen LogP contribution in [0, 0.1) is 5.92 Å². The predicted octanol–water partition coefficient (Wildman–Crippen LogP) is -0.631. The first kappa shape index (κ1) is 12.4. The van der Waals surface area contributed by atoms with Gasteiger partial charge in [-0.05, 0) is 0 Å². The zero-order valence-electron chi connectivity index (χ0n) is 8.55. The standard InChI is InChI=1S/C8H15NO5S/c1-7(8(10)11)6-15(12,13)9-2-4-14-5-3-9/h7H,2-6H2,1H3,(H,10,11). The van der Waals surface area contributed by atoms with Gasteiger partial charge in [0.15, 0.2) is 0 Å². The maximum Gasteiger partial charge on any atom is 0.307 e. The molecular formula is C8H15NO5S. The van der Waals surface area contributed by atoms with E-state index in [-0.39, 0.29) is 5.75 Å². The van der Waals surface area contributed by atoms with Crippen molar-refractivity contribution in [2.75, 3.05) is 32.1 Å². The molecule has 1 aliphatic heterocycles. The fourth-order valence-electron chi connectivity index (χ4n) is 1.32. The number of rotatable bonds is 4. The summed E-state index contributed by atoms with van der Waals surface area (Å²) >= 11 is 0. The Bertz CT molecular complexity index is 320. The molecule has 1 fully saturated rings. The van der Waals surface area contributed by atoms with Crippen LogP contribution in [0.15, 0.2) is 0 Å². The maximum atomic E-state index is 11.7. The summed E-state index contributed by atoms with van der Waals surface area (Å²) in [5, 5.41) is 8.64. The number of hydrogen-bond donors (Lipinski definition) is 1. The zero-order chi connectivity index (χ0) is 11.5. The summed E-state index contributed by atoms with van der Waals surface area (Å²) in [5.41, 5.74) is 0. The molecular weight excluding hydrogens is 222 g/mol. The van der Waals surface area contributed by atoms with E-state index >= 15 is 0 Å². The van der Waals surface area contributed by atoms with Gasteiger partial charge in [-0.15, -0.1) is 0 Å². The van der Waals surface area contributed by atoms with E-state index < -0.39 is 21.9 Å². The molecule has 15 heavy (non-hydrogen) atoms. The van der Waals surface area contributed by atoms with Crippen molar-refractivity contribution in [1.82, 2.24) is 4.31 Å². The largest absolute Gasteiger partial charge is 0.481 e. The Labute approximate surface area is 88.9 Å². The minimum absolute atomic E-state index is 0.314. The summed E-state index contributed by atoms with van der Waals surface area (Å²) in [4.78, 5) is 10.6. The smallest absolute Gasteiger partial charge is 0.307 e. The third-order valence-corrected chi connectivity index (χ3v) is 4.32. The molecule has 0 spiro atoms. The van der Waals surface area contributed by atoms with E-state index in [4.69, 9.17) is 9.84 Å². The SMILES string of the molecule is CC(CS(=O)(=O)N1CCOCC1)C(=O)O. The highest BCUT2D eigenvalue weighted by molar-refractivity contribution is 7.89. The lowest BCUT2D eigenvalue weighted by molar-refractivity contribution is -0.140. The van der Waals surface area contributed by atoms with Crippen LogP contribution in [0.25, 0.3) is 0 Å². The molecule has 1 N–H and O–H groups in total. The van der Waals surface area contributed by atoms with Crippen LogP contribution in [-0.4, -0.2) is 55.9 Å². The van der Waals surface area contributed by atoms with Gasteiger partial charge in [0.05, 0.1) is 24.9 Å². The summed E-state index contributed by atoms with van der Waals surface area (Å²) in [6.07, 6.45) is 0. The highest BCUT2D eigenvalue weighted by Crippen LogP contribution is 2.10. The van der Waals surface area contributed by atoms with Gasteiger partial charge in [0, 0.05) is 13.1 Å². The van der Waals surface area contributed by atoms with E-state index in [0.29, 0.717) is 26.3 Å². The van der Waals surface area contributed by atoms with Crippen LogP contribution in [0.4, 0.5) is 0 Å². The first-order chi connectivity index (χ1) is 6.93. The van der Waals surface area contributed by atoms with Crippen molar-refractivity contribution in [2.45, 2.75) is 6.92 Å². The fraction of sp³-hybridized carbons (Fsp3) is 0.875. The normalized spacial score (nSPS) is 21.1. The molecule has 1 atom stereocenters. The number of hydrogen-bond acceptors (Lipinski definition) is 4. The Balaban J connectivity index is 2.61. The van der Waals surface area contributed by atoms with Crippen LogP contribution in [0.5, 0.6) is 0 Å². The van der Waals surface area contributed by atoms with Crippen molar-refractivity contribution < 1.29 is 23.1 Å². The Morgan fingerprint density at radius 2 is 2.00 bits per heavy atom. The molecule has 1 unspecified atom stereocenters. The quantitative estimate of drug-likeness (QED) is 0.703. The number of carboxylic acid groups (broad SMARTS) is 1. The summed E-state index contributed by atoms with van der Waals surface area (Å²) in [6.45, 7) is 2.77. The Kier molecular flexibility index (Phi) is 4.06. The van der Waals surface area contributed by atoms with Gasteiger partial charge in [-0.1, -0.05) is 6.92 Å². The minimum Gasteiger partial charge on any atom is -0.481 e. The highest BCUT2D eigenvalue weighted by atomic mass is 32.2. The number of carbonyl (C=O) groups is 1. The summed E-state index contributed by atoms with van der Waals surface area (Å²) in [5.74, 6) is -2.31. The van der Waals surface area contributed by atoms with Crippen molar-refractivity contribution in [3.8, 4) is 0 Å². The van der Waals surface area contributed by atoms with Gasteiger partial charge in [0.2, 0.25) is 10.0 Å². The second kappa shape index (κ2) is 4.91. The molecule has 1 rings (SSSR count). The van der Waals surface area contributed by atoms with Crippen molar-refractivity contribution in [1.29, 1.82) is 0 Å². The second-order valence-corrected chi connectivity index (χ2v) is 5.54. The van der Waals surface area contributed by atoms with Crippen LogP contribution in [0.1, 0.15) is 6.92 Å². The number of morpholine rings is 1. The average Bonchev–Trinajstić information content (AvgIpc) is 2.18. The number of carboxylic acids is 1. The Morgan fingerprint density at radius 3 is 2.47 bits per heavy atom. The molecule has 1 heterocycles. The number of nitrogens with zero attached hydrogens (tertiary/aromatic N) is 1. The highest BCUT2D eigenvalue weighted by Gasteiger charge is 2.28. The molecule has 1 saturated heterocycles. The summed E-state index contributed by atoms with van der Waals surface area (Å²) < 4.78 is 29.7. The topological polar surface area (TPSA) is 83.9 Å². The second-order valence-electron chi connectivity index (χ2n) is 3.53. The third-order valence-electron chi connectivity index (χ3n) is 2.25. The van der Waals surface area contributed by atoms with Crippen molar-refractivity contribution in [2.24, 2.45) is 5.92 Å². The molecule has 0 radical (unpaired) electrons. The van der Waals surface area contributed by atoms with Gasteiger partial charge in [-0.25, -0.2) is 8.42 Å². The van der Waals surface area contributed by atoms with Crippen LogP contribution in [0.2, 0.25) is 0 Å². The number of sulfonamides is 1. The lowest BCUT2D eigenvalue weighted by Gasteiger charge is -2.26. The molecule has 88 valence electrons. The summed E-state index contributed by atoms with van der Waals surface area (Å²) in [7, 11) is -3.46. The van der Waals surface area contributed by atoms with E-state index in [9.17, 15) is 13.2 Å². The van der Waals surface area contributed by atoms with Crippen LogP contribution in [-0.2, 0) is 19.6 Å². The molecule has 0 aliphatic carbocycles. The Hall–Kier alpha value is -0.660. The van der Waals surface area contributed by atoms with E-state index in [0.717, 1.165) is 0 Å². The van der Waals surface area contributed by atoms with Crippen molar-refractivity contribution in [3.05, 3.63) is 0 Å². The molecule has 0 aromatic heterocycles. The molecule has 0 amide bonds. The van der Waals surface area contributed by atoms with Crippen LogP contribution >= 0.6 is 0 Å². The number of ether oxygens (including phenoxy) is 1. The molecule has 0 aromatic carbocycles. The maximum absolute atomic E-state index is 11.7. The molecule has 0 saturated carbocycles. The Morgan fingerprint density at radius 1 is 1.47 bits per heavy atom. The molecule has 0 bridgehead atoms. The monoisotopic (exact) mass is 237 g/mol. The van der Waals surface area contributed by atoms with Gasteiger partial charge >= 0.3 is 5.97 Å². The molecule has 7 heteroatoms. The average molecular weight is 237 g/mol. The van der Waals surface area contributed by atoms with Crippen LogP contribution < -0.4 is 0 Å². The minimum atomic E-state index is -3.46. The van der Waals surface area contributed by atoms with Crippen LogP contribution in [0.3, 0.4) is 0 Å². The molecule has 1 aliphatic rings. The zero-order valence-corrected chi connectivity index (χ0v) is 9.37. The van der Waals surface area contributed by atoms with E-state index in [1.165, 1.54) is 11.2 Å². The van der Waals surface area contributed by atoms with Crippen molar-refractivity contribution in [3.63, 3.8) is 0 Å². The fourth-order valence-corrected chi connectivity index (χ4v) is 3.01. The first-order valence-electron chi connectivity index (χ1n) is 4.72.